The van der Waals surface area contributed by atoms with Crippen LogP contribution in [-0.2, 0) is 0 Å². The highest BCUT2D eigenvalue weighted by Crippen LogP contribution is 2.45. The molecule has 1 atom stereocenters. The molecule has 0 bridgehead atoms. The molecule has 2 N–H and O–H groups in total. The normalized spacial score (nSPS) is 12.4. The molecule has 0 aliphatic heterocycles. The van der Waals surface area contributed by atoms with E-state index in [1.807, 2.05) is 24.3 Å². The molecule has 0 amide bonds. The lowest BCUT2D eigenvalue weighted by molar-refractivity contribution is 0.878. The summed E-state index contributed by atoms with van der Waals surface area (Å²) in [4.78, 5) is 5.66. The maximum absolute atomic E-state index is 6.97. The van der Waals surface area contributed by atoms with Crippen LogP contribution in [0, 0.1) is 0 Å². The number of allylic oxidation sites excluding steroid dienone is 1. The molecule has 57 heavy (non-hydrogen) atoms. The summed E-state index contributed by atoms with van der Waals surface area (Å²) in [5.74, 6) is 0. The number of pyridine rings is 1. The van der Waals surface area contributed by atoms with Gasteiger partial charge in [0.25, 0.3) is 0 Å². The second-order valence-electron chi connectivity index (χ2n) is 14.5. The summed E-state index contributed by atoms with van der Waals surface area (Å²) >= 11 is 0. The third-order valence-electron chi connectivity index (χ3n) is 11.2. The average molecular weight is 730 g/mol. The average Bonchev–Trinajstić information content (AvgIpc) is 3.68. The summed E-state index contributed by atoms with van der Waals surface area (Å²) < 4.78 is 2.44. The first-order valence-electron chi connectivity index (χ1n) is 19.4. The standard InChI is InChI=1S/C54H39N3/c1-2-49(40-29-25-38(26-30-40)36-15-5-3-6-16-36)56-53(41-31-27-39(28-32-41)37-17-7-4-8-18-37)47-34-33-42-35-51-45-21-10-9-19-43(45)44-20-12-14-24-50(44)57(51)54(42)52(47)46-22-11-13-23-48(46)55/h2-35,53H,1,55H2/b56-49+. The van der Waals surface area contributed by atoms with Crippen LogP contribution < -0.4 is 5.73 Å². The minimum absolute atomic E-state index is 0.395. The van der Waals surface area contributed by atoms with Gasteiger partial charge in [-0.05, 0) is 68.6 Å². The zero-order valence-corrected chi connectivity index (χ0v) is 31.4. The third-order valence-corrected chi connectivity index (χ3v) is 11.2. The van der Waals surface area contributed by atoms with Crippen molar-refractivity contribution in [2.75, 3.05) is 5.73 Å². The number of rotatable bonds is 8. The van der Waals surface area contributed by atoms with Gasteiger partial charge in [-0.3, -0.25) is 4.99 Å². The second-order valence-corrected chi connectivity index (χ2v) is 14.5. The zero-order valence-electron chi connectivity index (χ0n) is 31.4. The zero-order chi connectivity index (χ0) is 38.3. The number of nitrogens with zero attached hydrogens (tertiary/aromatic N) is 2. The van der Waals surface area contributed by atoms with Gasteiger partial charge in [0.15, 0.2) is 0 Å². The topological polar surface area (TPSA) is 42.8 Å². The predicted octanol–water partition coefficient (Wildman–Crippen LogP) is 13.7. The van der Waals surface area contributed by atoms with Crippen molar-refractivity contribution in [3.05, 3.63) is 230 Å². The Hall–Kier alpha value is -7.49. The van der Waals surface area contributed by atoms with Crippen LogP contribution in [0.15, 0.2) is 218 Å². The summed E-state index contributed by atoms with van der Waals surface area (Å²) in [7, 11) is 0. The number of nitrogens with two attached hydrogens (primary N) is 1. The summed E-state index contributed by atoms with van der Waals surface area (Å²) in [6.45, 7) is 4.30. The first kappa shape index (κ1) is 34.0. The van der Waals surface area contributed by atoms with Crippen molar-refractivity contribution in [2.45, 2.75) is 6.04 Å². The van der Waals surface area contributed by atoms with Crippen LogP contribution >= 0.6 is 0 Å². The van der Waals surface area contributed by atoms with Crippen molar-refractivity contribution < 1.29 is 0 Å². The maximum atomic E-state index is 6.97. The Morgan fingerprint density at radius 3 is 1.72 bits per heavy atom. The molecule has 0 spiro atoms. The highest BCUT2D eigenvalue weighted by molar-refractivity contribution is 6.17. The molecule has 3 nitrogen and oxygen atoms in total. The summed E-state index contributed by atoms with van der Waals surface area (Å²) in [6, 6.07) is 70.5. The van der Waals surface area contributed by atoms with E-state index in [1.54, 1.807) is 0 Å². The number of aliphatic imine (C=N–C) groups is 1. The van der Waals surface area contributed by atoms with E-state index in [0.29, 0.717) is 5.69 Å². The highest BCUT2D eigenvalue weighted by Gasteiger charge is 2.25. The van der Waals surface area contributed by atoms with E-state index < -0.39 is 6.04 Å². The first-order valence-corrected chi connectivity index (χ1v) is 19.4. The molecule has 270 valence electrons. The van der Waals surface area contributed by atoms with E-state index in [-0.39, 0.29) is 0 Å². The van der Waals surface area contributed by atoms with Crippen molar-refractivity contribution in [1.29, 1.82) is 0 Å². The molecule has 0 aliphatic carbocycles. The van der Waals surface area contributed by atoms with Crippen molar-refractivity contribution in [2.24, 2.45) is 4.99 Å². The van der Waals surface area contributed by atoms with Crippen LogP contribution in [0.5, 0.6) is 0 Å². The predicted molar refractivity (Wildman–Crippen MR) is 242 cm³/mol. The molecule has 0 saturated heterocycles. The fraction of sp³-hybridized carbons (Fsp3) is 0.0185. The van der Waals surface area contributed by atoms with Gasteiger partial charge in [0.1, 0.15) is 6.04 Å². The minimum atomic E-state index is -0.395. The molecule has 0 fully saturated rings. The minimum Gasteiger partial charge on any atom is -0.398 e. The van der Waals surface area contributed by atoms with Crippen molar-refractivity contribution in [1.82, 2.24) is 4.40 Å². The van der Waals surface area contributed by atoms with Crippen LogP contribution in [0.25, 0.3) is 71.5 Å². The number of fused-ring (bicyclic) bond motifs is 8. The van der Waals surface area contributed by atoms with Crippen molar-refractivity contribution >= 4 is 49.5 Å². The molecule has 8 aromatic carbocycles. The molecule has 10 rings (SSSR count). The molecule has 1 unspecified atom stereocenters. The molecule has 0 saturated carbocycles. The lowest BCUT2D eigenvalue weighted by atomic mass is 9.88. The number of para-hydroxylation sites is 2. The van der Waals surface area contributed by atoms with E-state index in [1.165, 1.54) is 27.3 Å². The Balaban J connectivity index is 1.26. The van der Waals surface area contributed by atoms with Gasteiger partial charge in [-0.2, -0.15) is 0 Å². The number of anilines is 1. The van der Waals surface area contributed by atoms with Crippen LogP contribution in [0.2, 0.25) is 0 Å². The fourth-order valence-electron chi connectivity index (χ4n) is 8.49. The summed E-state index contributed by atoms with van der Waals surface area (Å²) in [5, 5.41) is 4.79. The summed E-state index contributed by atoms with van der Waals surface area (Å²) in [6.07, 6.45) is 1.88. The number of hydrogen-bond donors (Lipinski definition) is 1. The lowest BCUT2D eigenvalue weighted by Crippen LogP contribution is -2.07. The van der Waals surface area contributed by atoms with Gasteiger partial charge in [-0.25, -0.2) is 0 Å². The fourth-order valence-corrected chi connectivity index (χ4v) is 8.49. The monoisotopic (exact) mass is 729 g/mol. The number of benzene rings is 8. The van der Waals surface area contributed by atoms with Crippen LogP contribution in [0.4, 0.5) is 5.69 Å². The second kappa shape index (κ2) is 14.3. The van der Waals surface area contributed by atoms with E-state index in [9.17, 15) is 0 Å². The molecule has 0 radical (unpaired) electrons. The van der Waals surface area contributed by atoms with Gasteiger partial charge >= 0.3 is 0 Å². The SMILES string of the molecule is C=C/C(=N\C(c1ccc(-c2ccccc2)cc1)c1ccc2cc3c4ccccc4c4ccccc4n3c2c1-c1ccccc1N)c1ccc(-c2ccccc2)cc1. The lowest BCUT2D eigenvalue weighted by Gasteiger charge is -2.22. The van der Waals surface area contributed by atoms with Crippen LogP contribution in [0.1, 0.15) is 22.7 Å². The molecular weight excluding hydrogens is 691 g/mol. The Kier molecular flexibility index (Phi) is 8.54. The summed E-state index contributed by atoms with van der Waals surface area (Å²) in [5.41, 5.74) is 21.7. The first-order chi connectivity index (χ1) is 28.2. The van der Waals surface area contributed by atoms with Gasteiger partial charge < -0.3 is 10.1 Å². The van der Waals surface area contributed by atoms with Crippen molar-refractivity contribution in [3.63, 3.8) is 0 Å². The van der Waals surface area contributed by atoms with Gasteiger partial charge in [0.05, 0.1) is 22.3 Å². The van der Waals surface area contributed by atoms with Gasteiger partial charge in [0, 0.05) is 33.0 Å². The van der Waals surface area contributed by atoms with Gasteiger partial charge in [-0.15, -0.1) is 0 Å². The van der Waals surface area contributed by atoms with E-state index in [0.717, 1.165) is 66.6 Å². The highest BCUT2D eigenvalue weighted by atomic mass is 14.9. The van der Waals surface area contributed by atoms with Crippen LogP contribution in [0.3, 0.4) is 0 Å². The van der Waals surface area contributed by atoms with Gasteiger partial charge in [-0.1, -0.05) is 189 Å². The van der Waals surface area contributed by atoms with Crippen molar-refractivity contribution in [3.8, 4) is 33.4 Å². The Morgan fingerprint density at radius 2 is 1.07 bits per heavy atom. The largest absolute Gasteiger partial charge is 0.398 e. The quantitative estimate of drug-likeness (QED) is 0.0944. The molecule has 10 aromatic rings. The molecule has 2 aromatic heterocycles. The number of nitrogen functional groups attached to an aromatic ring is 1. The molecule has 2 heterocycles. The Labute approximate surface area is 332 Å². The third kappa shape index (κ3) is 5.98. The molecule has 0 aliphatic rings. The Bertz CT molecular complexity index is 3120. The molecule has 3 heteroatoms. The van der Waals surface area contributed by atoms with E-state index in [4.69, 9.17) is 10.7 Å². The smallest absolute Gasteiger partial charge is 0.101 e. The maximum Gasteiger partial charge on any atom is 0.101 e. The Morgan fingerprint density at radius 1 is 0.526 bits per heavy atom. The molecular formula is C54H39N3. The van der Waals surface area contributed by atoms with E-state index >= 15 is 0 Å². The van der Waals surface area contributed by atoms with Gasteiger partial charge in [0.2, 0.25) is 0 Å². The number of hydrogen-bond acceptors (Lipinski definition) is 2. The van der Waals surface area contributed by atoms with E-state index in [2.05, 4.69) is 193 Å². The number of aromatic nitrogens is 1. The van der Waals surface area contributed by atoms with Crippen LogP contribution in [-0.4, -0.2) is 10.1 Å².